The number of aliphatic hydroxyl groups excluding tert-OH is 1. The van der Waals surface area contributed by atoms with Gasteiger partial charge in [-0.15, -0.1) is 0 Å². The van der Waals surface area contributed by atoms with Gasteiger partial charge in [-0.3, -0.25) is 19.7 Å². The van der Waals surface area contributed by atoms with E-state index in [0.717, 1.165) is 0 Å². The number of non-ortho nitro benzene ring substituents is 1. The lowest BCUT2D eigenvalue weighted by molar-refractivity contribution is -0.384. The van der Waals surface area contributed by atoms with E-state index in [0.29, 0.717) is 29.2 Å². The van der Waals surface area contributed by atoms with Gasteiger partial charge in [0.1, 0.15) is 5.76 Å². The first kappa shape index (κ1) is 21.5. The number of Topliss-reactive ketones (excluding diaryl/α,β-unsaturated/α-hetero) is 1. The Morgan fingerprint density at radius 2 is 1.93 bits per heavy atom. The van der Waals surface area contributed by atoms with Crippen LogP contribution in [0.1, 0.15) is 23.6 Å². The minimum atomic E-state index is -0.961. The van der Waals surface area contributed by atoms with Crippen LogP contribution in [0.4, 0.5) is 5.69 Å². The standard InChI is InChI=1S/C21H19ClN2O6/c1-30-11-3-10-23-18(14-4-2-5-16(12-14)24(28)29)17(20(26)21(23)27)19(25)13-6-8-15(22)9-7-13/h2,4-9,12,18,25H,3,10-11H2,1H3/t18-/m0/s1. The van der Waals surface area contributed by atoms with Gasteiger partial charge in [-0.05, 0) is 36.2 Å². The maximum Gasteiger partial charge on any atom is 0.295 e. The van der Waals surface area contributed by atoms with Crippen LogP contribution in [0.25, 0.3) is 5.76 Å². The van der Waals surface area contributed by atoms with E-state index < -0.39 is 22.7 Å². The van der Waals surface area contributed by atoms with Crippen molar-refractivity contribution in [2.75, 3.05) is 20.3 Å². The number of methoxy groups -OCH3 is 1. The third kappa shape index (κ3) is 4.19. The molecule has 0 spiro atoms. The van der Waals surface area contributed by atoms with Gasteiger partial charge in [-0.1, -0.05) is 23.7 Å². The summed E-state index contributed by atoms with van der Waals surface area (Å²) in [4.78, 5) is 37.5. The molecule has 1 saturated heterocycles. The summed E-state index contributed by atoms with van der Waals surface area (Å²) in [6, 6.07) is 10.9. The molecule has 1 aliphatic rings. The molecular weight excluding hydrogens is 412 g/mol. The van der Waals surface area contributed by atoms with Crippen molar-refractivity contribution in [3.63, 3.8) is 0 Å². The third-order valence-corrected chi connectivity index (χ3v) is 5.05. The highest BCUT2D eigenvalue weighted by Crippen LogP contribution is 2.40. The molecular formula is C21H19ClN2O6. The van der Waals surface area contributed by atoms with Crippen molar-refractivity contribution in [3.05, 3.63) is 80.4 Å². The summed E-state index contributed by atoms with van der Waals surface area (Å²) in [5, 5.41) is 22.5. The highest BCUT2D eigenvalue weighted by atomic mass is 35.5. The SMILES string of the molecule is COCCCN1C(=O)C(=O)C(=C(O)c2ccc(Cl)cc2)[C@@H]1c1cccc([N+](=O)[O-])c1. The van der Waals surface area contributed by atoms with E-state index in [1.165, 1.54) is 42.3 Å². The van der Waals surface area contributed by atoms with E-state index in [4.69, 9.17) is 16.3 Å². The number of amides is 1. The first-order valence-electron chi connectivity index (χ1n) is 9.12. The van der Waals surface area contributed by atoms with Crippen LogP contribution in [0.5, 0.6) is 0 Å². The molecule has 2 aromatic rings. The molecule has 0 unspecified atom stereocenters. The summed E-state index contributed by atoms with van der Waals surface area (Å²) in [6.07, 6.45) is 0.454. The summed E-state index contributed by atoms with van der Waals surface area (Å²) >= 11 is 5.89. The molecule has 3 rings (SSSR count). The monoisotopic (exact) mass is 430 g/mol. The Morgan fingerprint density at radius 1 is 1.23 bits per heavy atom. The summed E-state index contributed by atoms with van der Waals surface area (Å²) in [6.45, 7) is 0.547. The fourth-order valence-electron chi connectivity index (χ4n) is 3.41. The fraction of sp³-hybridized carbons (Fsp3) is 0.238. The number of ether oxygens (including phenoxy) is 1. The van der Waals surface area contributed by atoms with Gasteiger partial charge < -0.3 is 14.7 Å². The zero-order chi connectivity index (χ0) is 21.8. The zero-order valence-electron chi connectivity index (χ0n) is 16.1. The first-order valence-corrected chi connectivity index (χ1v) is 9.50. The largest absolute Gasteiger partial charge is 0.507 e. The van der Waals surface area contributed by atoms with Gasteiger partial charge in [0.2, 0.25) is 0 Å². The minimum Gasteiger partial charge on any atom is -0.507 e. The van der Waals surface area contributed by atoms with Crippen molar-refractivity contribution in [2.45, 2.75) is 12.5 Å². The van der Waals surface area contributed by atoms with Crippen molar-refractivity contribution >= 4 is 34.7 Å². The van der Waals surface area contributed by atoms with Gasteiger partial charge in [0.25, 0.3) is 17.4 Å². The number of likely N-dealkylation sites (tertiary alicyclic amines) is 1. The van der Waals surface area contributed by atoms with E-state index in [1.54, 1.807) is 18.2 Å². The Morgan fingerprint density at radius 3 is 2.57 bits per heavy atom. The number of carbonyl (C=O) groups is 2. The van der Waals surface area contributed by atoms with Gasteiger partial charge >= 0.3 is 0 Å². The van der Waals surface area contributed by atoms with Crippen molar-refractivity contribution in [1.29, 1.82) is 0 Å². The number of halogens is 1. The smallest absolute Gasteiger partial charge is 0.295 e. The van der Waals surface area contributed by atoms with E-state index in [1.807, 2.05) is 0 Å². The van der Waals surface area contributed by atoms with Crippen LogP contribution in [-0.4, -0.2) is 46.9 Å². The van der Waals surface area contributed by atoms with Gasteiger partial charge in [-0.25, -0.2) is 0 Å². The second-order valence-electron chi connectivity index (χ2n) is 6.70. The second kappa shape index (κ2) is 9.06. The molecule has 0 radical (unpaired) electrons. The van der Waals surface area contributed by atoms with E-state index in [2.05, 4.69) is 0 Å². The zero-order valence-corrected chi connectivity index (χ0v) is 16.8. The van der Waals surface area contributed by atoms with Crippen molar-refractivity contribution in [1.82, 2.24) is 4.90 Å². The van der Waals surface area contributed by atoms with Gasteiger partial charge in [0.05, 0.1) is 16.5 Å². The molecule has 0 bridgehead atoms. The highest BCUT2D eigenvalue weighted by molar-refractivity contribution is 6.46. The Kier molecular flexibility index (Phi) is 6.49. The Balaban J connectivity index is 2.15. The second-order valence-corrected chi connectivity index (χ2v) is 7.13. The van der Waals surface area contributed by atoms with Crippen molar-refractivity contribution in [3.8, 4) is 0 Å². The van der Waals surface area contributed by atoms with E-state index in [9.17, 15) is 24.8 Å². The molecule has 1 N–H and O–H groups in total. The maximum atomic E-state index is 12.8. The predicted molar refractivity (Wildman–Crippen MR) is 110 cm³/mol. The molecule has 1 amide bonds. The molecule has 0 aromatic heterocycles. The third-order valence-electron chi connectivity index (χ3n) is 4.80. The van der Waals surface area contributed by atoms with Crippen LogP contribution in [0.15, 0.2) is 54.1 Å². The van der Waals surface area contributed by atoms with Crippen LogP contribution in [0.2, 0.25) is 5.02 Å². The molecule has 0 saturated carbocycles. The molecule has 1 heterocycles. The Hall–Kier alpha value is -3.23. The van der Waals surface area contributed by atoms with Gasteiger partial charge in [-0.2, -0.15) is 0 Å². The summed E-state index contributed by atoms with van der Waals surface area (Å²) in [5.41, 5.74) is 0.364. The average molecular weight is 431 g/mol. The lowest BCUT2D eigenvalue weighted by Gasteiger charge is -2.25. The summed E-state index contributed by atoms with van der Waals surface area (Å²) < 4.78 is 5.02. The van der Waals surface area contributed by atoms with Gasteiger partial charge in [0.15, 0.2) is 0 Å². The normalized spacial score (nSPS) is 18.1. The molecule has 1 atom stereocenters. The molecule has 30 heavy (non-hydrogen) atoms. The molecule has 156 valence electrons. The predicted octanol–water partition coefficient (Wildman–Crippen LogP) is 3.71. The fourth-order valence-corrected chi connectivity index (χ4v) is 3.53. The van der Waals surface area contributed by atoms with E-state index in [-0.39, 0.29) is 23.6 Å². The lowest BCUT2D eigenvalue weighted by atomic mass is 9.95. The topological polar surface area (TPSA) is 110 Å². The van der Waals surface area contributed by atoms with Crippen LogP contribution in [0, 0.1) is 10.1 Å². The number of nitro groups is 1. The quantitative estimate of drug-likeness (QED) is 0.179. The van der Waals surface area contributed by atoms with Crippen LogP contribution < -0.4 is 0 Å². The van der Waals surface area contributed by atoms with Crippen LogP contribution in [-0.2, 0) is 14.3 Å². The lowest BCUT2D eigenvalue weighted by Crippen LogP contribution is -2.31. The number of carbonyl (C=O) groups excluding carboxylic acids is 2. The number of ketones is 1. The number of hydrogen-bond acceptors (Lipinski definition) is 6. The first-order chi connectivity index (χ1) is 14.3. The van der Waals surface area contributed by atoms with Gasteiger partial charge in [0, 0.05) is 43.0 Å². The number of nitro benzene ring substituents is 1. The highest BCUT2D eigenvalue weighted by Gasteiger charge is 2.46. The summed E-state index contributed by atoms with van der Waals surface area (Å²) in [5.74, 6) is -2.00. The molecule has 8 nitrogen and oxygen atoms in total. The van der Waals surface area contributed by atoms with Crippen LogP contribution in [0.3, 0.4) is 0 Å². The van der Waals surface area contributed by atoms with Crippen molar-refractivity contribution in [2.24, 2.45) is 0 Å². The number of nitrogens with zero attached hydrogens (tertiary/aromatic N) is 2. The average Bonchev–Trinajstić information content (AvgIpc) is 2.99. The summed E-state index contributed by atoms with van der Waals surface area (Å²) in [7, 11) is 1.52. The Labute approximate surface area is 177 Å². The Bertz CT molecular complexity index is 1020. The van der Waals surface area contributed by atoms with E-state index >= 15 is 0 Å². The molecule has 1 fully saturated rings. The molecule has 9 heteroatoms. The number of rotatable bonds is 7. The number of hydrogen-bond donors (Lipinski definition) is 1. The number of aliphatic hydroxyl groups is 1. The molecule has 2 aromatic carbocycles. The molecule has 0 aliphatic carbocycles. The number of benzene rings is 2. The minimum absolute atomic E-state index is 0.125. The maximum absolute atomic E-state index is 12.8. The molecule has 1 aliphatic heterocycles. The van der Waals surface area contributed by atoms with Crippen LogP contribution >= 0.6 is 11.6 Å². The van der Waals surface area contributed by atoms with Crippen molar-refractivity contribution < 1.29 is 24.4 Å².